The molecule has 2 aromatic rings. The Morgan fingerprint density at radius 3 is 2.00 bits per heavy atom. The number of carbonyl (C=O) groups is 1. The van der Waals surface area contributed by atoms with Crippen molar-refractivity contribution in [2.45, 2.75) is 0 Å². The second-order valence-corrected chi connectivity index (χ2v) is 2.19. The van der Waals surface area contributed by atoms with Crippen molar-refractivity contribution < 1.29 is 9.90 Å². The van der Waals surface area contributed by atoms with E-state index in [0.29, 0.717) is 0 Å². The number of nitrogens with one attached hydrogen (secondary N) is 1. The number of carboxylic acid groups (broad SMARTS) is 1. The van der Waals surface area contributed by atoms with Crippen molar-refractivity contribution in [1.82, 2.24) is 4.98 Å². The number of aromatic nitrogens is 1. The van der Waals surface area contributed by atoms with Crippen molar-refractivity contribution >= 4 is 17.2 Å². The zero-order valence-corrected chi connectivity index (χ0v) is 6.40. The van der Waals surface area contributed by atoms with Gasteiger partial charge in [-0.2, -0.15) is 0 Å². The molecular formula is C9H9NO2. The van der Waals surface area contributed by atoms with E-state index in [9.17, 15) is 0 Å². The molecule has 3 nitrogen and oxygen atoms in total. The van der Waals surface area contributed by atoms with Crippen LogP contribution in [0.4, 0.5) is 0 Å². The smallest absolute Gasteiger partial charge is 0.290 e. The quantitative estimate of drug-likeness (QED) is 0.582. The van der Waals surface area contributed by atoms with E-state index in [2.05, 4.69) is 17.1 Å². The molecule has 1 aromatic heterocycles. The fourth-order valence-electron chi connectivity index (χ4n) is 0.995. The number of rotatable bonds is 0. The Morgan fingerprint density at radius 2 is 1.58 bits per heavy atom. The third-order valence-corrected chi connectivity index (χ3v) is 1.47. The van der Waals surface area contributed by atoms with Gasteiger partial charge in [-0.05, 0) is 10.8 Å². The Balaban J connectivity index is 0.000000213. The largest absolute Gasteiger partial charge is 0.483 e. The lowest BCUT2D eigenvalue weighted by Crippen LogP contribution is -1.57. The molecule has 0 atom stereocenters. The van der Waals surface area contributed by atoms with Crippen LogP contribution < -0.4 is 0 Å². The molecule has 0 saturated carbocycles. The molecule has 0 aliphatic rings. The van der Waals surface area contributed by atoms with Crippen molar-refractivity contribution in [3.63, 3.8) is 0 Å². The lowest BCUT2D eigenvalue weighted by molar-refractivity contribution is -0.122. The van der Waals surface area contributed by atoms with Crippen molar-refractivity contribution in [3.05, 3.63) is 36.7 Å². The zero-order chi connectivity index (χ0) is 8.81. The first-order valence-electron chi connectivity index (χ1n) is 3.48. The van der Waals surface area contributed by atoms with Gasteiger partial charge in [0.25, 0.3) is 6.47 Å². The van der Waals surface area contributed by atoms with Crippen LogP contribution in [0.15, 0.2) is 36.7 Å². The summed E-state index contributed by atoms with van der Waals surface area (Å²) in [6, 6.07) is 8.25. The molecule has 0 unspecified atom stereocenters. The minimum Gasteiger partial charge on any atom is -0.483 e. The first-order chi connectivity index (χ1) is 5.88. The van der Waals surface area contributed by atoms with E-state index in [1.54, 1.807) is 0 Å². The second-order valence-electron chi connectivity index (χ2n) is 2.19. The molecule has 0 saturated heterocycles. The summed E-state index contributed by atoms with van der Waals surface area (Å²) in [6.07, 6.45) is 3.99. The summed E-state index contributed by atoms with van der Waals surface area (Å²) in [5.41, 5.74) is 0. The summed E-state index contributed by atoms with van der Waals surface area (Å²) >= 11 is 0. The third kappa shape index (κ3) is 1.85. The Kier molecular flexibility index (Phi) is 2.90. The lowest BCUT2D eigenvalue weighted by Gasteiger charge is -1.81. The molecule has 0 amide bonds. The van der Waals surface area contributed by atoms with Crippen LogP contribution in [-0.4, -0.2) is 16.6 Å². The molecule has 0 radical (unpaired) electrons. The van der Waals surface area contributed by atoms with Gasteiger partial charge < -0.3 is 10.1 Å². The van der Waals surface area contributed by atoms with Gasteiger partial charge in [0.2, 0.25) is 0 Å². The van der Waals surface area contributed by atoms with Gasteiger partial charge in [-0.15, -0.1) is 0 Å². The summed E-state index contributed by atoms with van der Waals surface area (Å²) in [4.78, 5) is 11.4. The summed E-state index contributed by atoms with van der Waals surface area (Å²) in [6.45, 7) is -0.250. The predicted octanol–water partition coefficient (Wildman–Crippen LogP) is 1.87. The van der Waals surface area contributed by atoms with Crippen molar-refractivity contribution in [2.75, 3.05) is 0 Å². The first-order valence-corrected chi connectivity index (χ1v) is 3.48. The SMILES string of the molecule is O=CO.c1ccc2c[nH]cc2c1. The van der Waals surface area contributed by atoms with Gasteiger partial charge in [0, 0.05) is 12.4 Å². The van der Waals surface area contributed by atoms with Crippen LogP contribution in [0.25, 0.3) is 10.8 Å². The van der Waals surface area contributed by atoms with Crippen LogP contribution in [0.3, 0.4) is 0 Å². The Morgan fingerprint density at radius 1 is 1.17 bits per heavy atom. The number of aromatic amines is 1. The van der Waals surface area contributed by atoms with Gasteiger partial charge in [-0.25, -0.2) is 0 Å². The molecule has 0 aliphatic heterocycles. The topological polar surface area (TPSA) is 53.1 Å². The standard InChI is InChI=1S/C8H7N.CH2O2/c1-2-4-8-6-9-5-7(8)3-1;2-1-3/h1-6,9H;1H,(H,2,3). The van der Waals surface area contributed by atoms with E-state index in [0.717, 1.165) is 0 Å². The molecule has 1 aromatic carbocycles. The maximum Gasteiger partial charge on any atom is 0.290 e. The molecule has 0 spiro atoms. The maximum absolute atomic E-state index is 8.36. The summed E-state index contributed by atoms with van der Waals surface area (Å²) < 4.78 is 0. The van der Waals surface area contributed by atoms with E-state index < -0.39 is 0 Å². The highest BCUT2D eigenvalue weighted by Crippen LogP contribution is 2.10. The number of benzene rings is 1. The van der Waals surface area contributed by atoms with Crippen LogP contribution in [0, 0.1) is 0 Å². The third-order valence-electron chi connectivity index (χ3n) is 1.47. The highest BCUT2D eigenvalue weighted by molar-refractivity contribution is 5.81. The maximum atomic E-state index is 8.36. The first kappa shape index (κ1) is 8.33. The van der Waals surface area contributed by atoms with E-state index in [4.69, 9.17) is 9.90 Å². The highest BCUT2D eigenvalue weighted by atomic mass is 16.3. The molecule has 0 bridgehead atoms. The molecule has 3 heteroatoms. The lowest BCUT2D eigenvalue weighted by atomic mass is 10.2. The van der Waals surface area contributed by atoms with Gasteiger partial charge >= 0.3 is 0 Å². The van der Waals surface area contributed by atoms with E-state index in [1.807, 2.05) is 24.5 Å². The van der Waals surface area contributed by atoms with Gasteiger partial charge in [-0.1, -0.05) is 24.3 Å². The van der Waals surface area contributed by atoms with Crippen LogP contribution >= 0.6 is 0 Å². The number of fused-ring (bicyclic) bond motifs is 1. The molecule has 1 heterocycles. The summed E-state index contributed by atoms with van der Waals surface area (Å²) in [5.74, 6) is 0. The average Bonchev–Trinajstić information content (AvgIpc) is 2.52. The number of H-pyrrole nitrogens is 1. The monoisotopic (exact) mass is 163 g/mol. The van der Waals surface area contributed by atoms with E-state index in [1.165, 1.54) is 10.8 Å². The molecule has 2 N–H and O–H groups in total. The predicted molar refractivity (Wildman–Crippen MR) is 47.0 cm³/mol. The van der Waals surface area contributed by atoms with Gasteiger partial charge in [0.15, 0.2) is 0 Å². The summed E-state index contributed by atoms with van der Waals surface area (Å²) in [5, 5.41) is 9.44. The number of hydrogen-bond donors (Lipinski definition) is 2. The Bertz CT molecular complexity index is 324. The van der Waals surface area contributed by atoms with Crippen molar-refractivity contribution in [2.24, 2.45) is 0 Å². The van der Waals surface area contributed by atoms with Crippen molar-refractivity contribution in [3.8, 4) is 0 Å². The average molecular weight is 163 g/mol. The molecule has 12 heavy (non-hydrogen) atoms. The Hall–Kier alpha value is -1.77. The van der Waals surface area contributed by atoms with Gasteiger partial charge in [0.05, 0.1) is 0 Å². The second kappa shape index (κ2) is 4.18. The van der Waals surface area contributed by atoms with E-state index >= 15 is 0 Å². The molecular weight excluding hydrogens is 154 g/mol. The highest BCUT2D eigenvalue weighted by Gasteiger charge is 1.86. The minimum absolute atomic E-state index is 0.250. The normalized spacial score (nSPS) is 8.67. The zero-order valence-electron chi connectivity index (χ0n) is 6.40. The molecule has 0 aliphatic carbocycles. The van der Waals surface area contributed by atoms with Crippen LogP contribution in [0.2, 0.25) is 0 Å². The Labute approximate surface area is 69.6 Å². The fourth-order valence-corrected chi connectivity index (χ4v) is 0.995. The van der Waals surface area contributed by atoms with Crippen LogP contribution in [0.5, 0.6) is 0 Å². The summed E-state index contributed by atoms with van der Waals surface area (Å²) in [7, 11) is 0. The fraction of sp³-hybridized carbons (Fsp3) is 0. The molecule has 0 fully saturated rings. The van der Waals surface area contributed by atoms with Gasteiger partial charge in [-0.3, -0.25) is 4.79 Å². The van der Waals surface area contributed by atoms with E-state index in [-0.39, 0.29) is 6.47 Å². The molecule has 62 valence electrons. The van der Waals surface area contributed by atoms with Crippen LogP contribution in [0.1, 0.15) is 0 Å². The van der Waals surface area contributed by atoms with Gasteiger partial charge in [0.1, 0.15) is 0 Å². The van der Waals surface area contributed by atoms with Crippen LogP contribution in [-0.2, 0) is 4.79 Å². The van der Waals surface area contributed by atoms with Crippen molar-refractivity contribution in [1.29, 1.82) is 0 Å². The molecule has 2 rings (SSSR count). The minimum atomic E-state index is -0.250. The number of hydrogen-bond acceptors (Lipinski definition) is 1.